The van der Waals surface area contributed by atoms with Crippen LogP contribution in [0.25, 0.3) is 11.1 Å². The van der Waals surface area contributed by atoms with E-state index in [1.54, 1.807) is 0 Å². The summed E-state index contributed by atoms with van der Waals surface area (Å²) < 4.78 is 12.6. The fourth-order valence-electron chi connectivity index (χ4n) is 4.74. The summed E-state index contributed by atoms with van der Waals surface area (Å²) in [7, 11) is -0.378. The Morgan fingerprint density at radius 2 is 0.838 bits per heavy atom. The molecule has 1 heterocycles. The maximum atomic E-state index is 6.31. The maximum Gasteiger partial charge on any atom is 0.494 e. The molecule has 5 rings (SSSR count). The number of rotatable bonds is 5. The second kappa shape index (κ2) is 9.81. The maximum absolute atomic E-state index is 6.31. The lowest BCUT2D eigenvalue weighted by molar-refractivity contribution is 0.00578. The van der Waals surface area contributed by atoms with Gasteiger partial charge in [0.1, 0.15) is 0 Å². The van der Waals surface area contributed by atoms with E-state index in [1.807, 2.05) is 0 Å². The van der Waals surface area contributed by atoms with Crippen LogP contribution in [0.15, 0.2) is 103 Å². The van der Waals surface area contributed by atoms with Gasteiger partial charge in [-0.3, -0.25) is 0 Å². The van der Waals surface area contributed by atoms with E-state index in [2.05, 4.69) is 145 Å². The van der Waals surface area contributed by atoms with Gasteiger partial charge in [-0.15, -0.1) is 0 Å². The minimum absolute atomic E-state index is 0.366. The molecule has 0 aliphatic carbocycles. The lowest BCUT2D eigenvalue weighted by atomic mass is 9.77. The summed E-state index contributed by atoms with van der Waals surface area (Å²) in [6.07, 6.45) is 0. The third-order valence-electron chi connectivity index (χ3n) is 7.72. The van der Waals surface area contributed by atoms with Crippen molar-refractivity contribution in [2.24, 2.45) is 0 Å². The molecule has 1 saturated heterocycles. The molecule has 0 unspecified atom stereocenters. The highest BCUT2D eigenvalue weighted by atomic mass is 16.7. The third kappa shape index (κ3) is 5.07. The van der Waals surface area contributed by atoms with Gasteiger partial charge in [-0.2, -0.15) is 0 Å². The quantitative estimate of drug-likeness (QED) is 0.214. The summed E-state index contributed by atoms with van der Waals surface area (Å²) in [6, 6.07) is 37.0. The summed E-state index contributed by atoms with van der Waals surface area (Å²) in [5.74, 6) is 0. The molecule has 0 N–H and O–H groups in total. The molecule has 3 heteroatoms. The van der Waals surface area contributed by atoms with Crippen LogP contribution in [0.2, 0.25) is 0 Å². The highest BCUT2D eigenvalue weighted by Gasteiger charge is 2.51. The molecule has 1 aliphatic heterocycles. The smallest absolute Gasteiger partial charge is 0.399 e. The standard InChI is InChI=1S/C34H35BO2/c1-24-12-16-27(17-13-24)32(28-18-14-25(2)15-19-28)31(26-10-8-7-9-11-26)29-20-22-30(23-21-29)35-36-33(3,4)34(5,6)37-35/h7-23H,1-6H3. The van der Waals surface area contributed by atoms with Crippen molar-refractivity contribution in [3.63, 3.8) is 0 Å². The Labute approximate surface area is 222 Å². The molecule has 4 aromatic rings. The summed E-state index contributed by atoms with van der Waals surface area (Å²) in [5.41, 5.74) is 9.95. The average molecular weight is 486 g/mol. The van der Waals surface area contributed by atoms with Crippen LogP contribution < -0.4 is 5.46 Å². The van der Waals surface area contributed by atoms with Crippen molar-refractivity contribution in [1.82, 2.24) is 0 Å². The van der Waals surface area contributed by atoms with E-state index in [0.717, 1.165) is 11.0 Å². The zero-order chi connectivity index (χ0) is 26.2. The van der Waals surface area contributed by atoms with Gasteiger partial charge in [0, 0.05) is 0 Å². The van der Waals surface area contributed by atoms with Crippen LogP contribution in [0, 0.1) is 13.8 Å². The van der Waals surface area contributed by atoms with Gasteiger partial charge in [-0.1, -0.05) is 114 Å². The van der Waals surface area contributed by atoms with Crippen LogP contribution in [0.1, 0.15) is 61.1 Å². The Morgan fingerprint density at radius 3 is 1.24 bits per heavy atom. The summed E-state index contributed by atoms with van der Waals surface area (Å²) >= 11 is 0. The lowest BCUT2D eigenvalue weighted by Crippen LogP contribution is -2.41. The van der Waals surface area contributed by atoms with Gasteiger partial charge in [-0.05, 0) is 80.4 Å². The molecule has 4 aromatic carbocycles. The lowest BCUT2D eigenvalue weighted by Gasteiger charge is -2.32. The molecular weight excluding hydrogens is 451 g/mol. The van der Waals surface area contributed by atoms with Crippen molar-refractivity contribution in [1.29, 1.82) is 0 Å². The molecule has 186 valence electrons. The molecule has 1 aliphatic rings. The second-order valence-corrected chi connectivity index (χ2v) is 11.1. The van der Waals surface area contributed by atoms with Crippen LogP contribution in [-0.2, 0) is 9.31 Å². The van der Waals surface area contributed by atoms with Gasteiger partial charge in [0.25, 0.3) is 0 Å². The van der Waals surface area contributed by atoms with Gasteiger partial charge in [-0.25, -0.2) is 0 Å². The summed E-state index contributed by atoms with van der Waals surface area (Å²) in [4.78, 5) is 0. The van der Waals surface area contributed by atoms with E-state index in [-0.39, 0.29) is 18.3 Å². The van der Waals surface area contributed by atoms with Crippen molar-refractivity contribution >= 4 is 23.7 Å². The first-order chi connectivity index (χ1) is 17.6. The van der Waals surface area contributed by atoms with E-state index in [1.165, 1.54) is 39.0 Å². The Bertz CT molecular complexity index is 1330. The normalized spacial score (nSPS) is 16.0. The average Bonchev–Trinajstić information content (AvgIpc) is 3.11. The molecule has 37 heavy (non-hydrogen) atoms. The van der Waals surface area contributed by atoms with E-state index in [0.29, 0.717) is 0 Å². The van der Waals surface area contributed by atoms with Crippen molar-refractivity contribution in [2.45, 2.75) is 52.7 Å². The largest absolute Gasteiger partial charge is 0.494 e. The molecule has 0 saturated carbocycles. The van der Waals surface area contributed by atoms with Gasteiger partial charge in [0.15, 0.2) is 0 Å². The molecule has 1 fully saturated rings. The van der Waals surface area contributed by atoms with Crippen LogP contribution in [0.4, 0.5) is 0 Å². The van der Waals surface area contributed by atoms with Crippen molar-refractivity contribution in [3.05, 3.63) is 137 Å². The predicted octanol–water partition coefficient (Wildman–Crippen LogP) is 7.61. The Hall–Kier alpha value is -3.40. The van der Waals surface area contributed by atoms with Crippen LogP contribution in [0.5, 0.6) is 0 Å². The number of aryl methyl sites for hydroxylation is 2. The van der Waals surface area contributed by atoms with Crippen molar-refractivity contribution in [2.75, 3.05) is 0 Å². The highest BCUT2D eigenvalue weighted by Crippen LogP contribution is 2.38. The third-order valence-corrected chi connectivity index (χ3v) is 7.72. The summed E-state index contributed by atoms with van der Waals surface area (Å²) in [5, 5.41) is 0. The monoisotopic (exact) mass is 486 g/mol. The molecule has 0 aromatic heterocycles. The van der Waals surface area contributed by atoms with Crippen LogP contribution in [-0.4, -0.2) is 18.3 Å². The van der Waals surface area contributed by atoms with Gasteiger partial charge < -0.3 is 9.31 Å². The van der Waals surface area contributed by atoms with Crippen LogP contribution in [0.3, 0.4) is 0 Å². The molecule has 0 radical (unpaired) electrons. The van der Waals surface area contributed by atoms with E-state index >= 15 is 0 Å². The molecule has 0 bridgehead atoms. The fraction of sp³-hybridized carbons (Fsp3) is 0.235. The van der Waals surface area contributed by atoms with E-state index in [4.69, 9.17) is 9.31 Å². The predicted molar refractivity (Wildman–Crippen MR) is 156 cm³/mol. The summed E-state index contributed by atoms with van der Waals surface area (Å²) in [6.45, 7) is 12.6. The zero-order valence-corrected chi connectivity index (χ0v) is 22.7. The molecule has 0 atom stereocenters. The number of benzene rings is 4. The first-order valence-electron chi connectivity index (χ1n) is 13.0. The Kier molecular flexibility index (Phi) is 6.70. The van der Waals surface area contributed by atoms with E-state index < -0.39 is 0 Å². The SMILES string of the molecule is Cc1ccc(C(=C(c2ccccc2)c2ccc(B3OC(C)(C)C(C)(C)O3)cc2)c2ccc(C)cc2)cc1. The highest BCUT2D eigenvalue weighted by molar-refractivity contribution is 6.62. The first-order valence-corrected chi connectivity index (χ1v) is 13.0. The zero-order valence-electron chi connectivity index (χ0n) is 22.7. The fourth-order valence-corrected chi connectivity index (χ4v) is 4.74. The number of hydrogen-bond acceptors (Lipinski definition) is 2. The number of hydrogen-bond donors (Lipinski definition) is 0. The van der Waals surface area contributed by atoms with Crippen LogP contribution >= 0.6 is 0 Å². The minimum atomic E-state index is -0.378. The van der Waals surface area contributed by atoms with Crippen molar-refractivity contribution < 1.29 is 9.31 Å². The van der Waals surface area contributed by atoms with E-state index in [9.17, 15) is 0 Å². The van der Waals surface area contributed by atoms with Gasteiger partial charge in [0.2, 0.25) is 0 Å². The van der Waals surface area contributed by atoms with Gasteiger partial charge >= 0.3 is 7.12 Å². The molecular formula is C34H35BO2. The minimum Gasteiger partial charge on any atom is -0.399 e. The topological polar surface area (TPSA) is 18.5 Å². The molecule has 0 spiro atoms. The Balaban J connectivity index is 1.68. The first kappa shape index (κ1) is 25.3. The molecule has 0 amide bonds. The molecule has 2 nitrogen and oxygen atoms in total. The second-order valence-electron chi connectivity index (χ2n) is 11.1. The van der Waals surface area contributed by atoms with Crippen molar-refractivity contribution in [3.8, 4) is 0 Å². The van der Waals surface area contributed by atoms with Gasteiger partial charge in [0.05, 0.1) is 11.2 Å². The Morgan fingerprint density at radius 1 is 0.486 bits per heavy atom.